The van der Waals surface area contributed by atoms with E-state index in [4.69, 9.17) is 11.2 Å². The van der Waals surface area contributed by atoms with Crippen LogP contribution in [0.5, 0.6) is 0 Å². The Hall–Kier alpha value is -1.76. The lowest BCUT2D eigenvalue weighted by Crippen LogP contribution is -2.36. The Balaban J connectivity index is 1.74. The van der Waals surface area contributed by atoms with E-state index in [0.29, 0.717) is 6.10 Å². The van der Waals surface area contributed by atoms with Gasteiger partial charge in [-0.3, -0.25) is 4.90 Å². The zero-order valence-corrected chi connectivity index (χ0v) is 14.2. The number of ether oxygens (including phenoxy) is 1. The van der Waals surface area contributed by atoms with E-state index in [2.05, 4.69) is 41.8 Å². The van der Waals surface area contributed by atoms with Crippen molar-refractivity contribution >= 4 is 10.9 Å². The van der Waals surface area contributed by atoms with Crippen molar-refractivity contribution in [2.45, 2.75) is 45.8 Å². The molecule has 0 bridgehead atoms. The summed E-state index contributed by atoms with van der Waals surface area (Å²) in [5.41, 5.74) is 4.73. The molecular weight excluding hydrogens is 284 g/mol. The number of aromatic nitrogens is 1. The molecule has 3 nitrogen and oxygen atoms in total. The first-order chi connectivity index (χ1) is 11.2. The van der Waals surface area contributed by atoms with Crippen molar-refractivity contribution < 1.29 is 4.74 Å². The second kappa shape index (κ2) is 7.21. The van der Waals surface area contributed by atoms with Crippen molar-refractivity contribution in [2.24, 2.45) is 0 Å². The smallest absolute Gasteiger partial charge is 0.0599 e. The molecule has 1 aromatic carbocycles. The second-order valence-electron chi connectivity index (χ2n) is 6.48. The highest BCUT2D eigenvalue weighted by atomic mass is 16.5. The molecule has 1 aromatic heterocycles. The summed E-state index contributed by atoms with van der Waals surface area (Å²) in [6.45, 7) is 8.24. The highest BCUT2D eigenvalue weighted by molar-refractivity contribution is 5.88. The van der Waals surface area contributed by atoms with E-state index in [1.165, 1.54) is 22.0 Å². The highest BCUT2D eigenvalue weighted by Crippen LogP contribution is 2.27. The Morgan fingerprint density at radius 2 is 2.17 bits per heavy atom. The molecule has 1 saturated heterocycles. The van der Waals surface area contributed by atoms with Crippen molar-refractivity contribution in [2.75, 3.05) is 19.7 Å². The van der Waals surface area contributed by atoms with Gasteiger partial charge in [0.25, 0.3) is 0 Å². The summed E-state index contributed by atoms with van der Waals surface area (Å²) in [4.78, 5) is 5.84. The van der Waals surface area contributed by atoms with Crippen LogP contribution in [0.25, 0.3) is 10.9 Å². The molecule has 0 atom stereocenters. The third kappa shape index (κ3) is 3.44. The Kier molecular flexibility index (Phi) is 5.05. The molecule has 0 radical (unpaired) electrons. The lowest BCUT2D eigenvalue weighted by atomic mass is 9.98. The lowest BCUT2D eigenvalue weighted by Gasteiger charge is -2.32. The van der Waals surface area contributed by atoms with Gasteiger partial charge in [0.05, 0.1) is 6.10 Å². The summed E-state index contributed by atoms with van der Waals surface area (Å²) in [6, 6.07) is 4.28. The van der Waals surface area contributed by atoms with Gasteiger partial charge in [-0.25, -0.2) is 0 Å². The van der Waals surface area contributed by atoms with E-state index in [1.54, 1.807) is 0 Å². The van der Waals surface area contributed by atoms with Crippen LogP contribution in [-0.4, -0.2) is 35.7 Å². The van der Waals surface area contributed by atoms with Gasteiger partial charge in [0.1, 0.15) is 0 Å². The van der Waals surface area contributed by atoms with Crippen molar-refractivity contribution in [3.8, 4) is 12.3 Å². The largest absolute Gasteiger partial charge is 0.378 e. The normalized spacial score (nSPS) is 16.7. The maximum atomic E-state index is 5.89. The van der Waals surface area contributed by atoms with Gasteiger partial charge in [0.2, 0.25) is 0 Å². The number of hydrogen-bond donors (Lipinski definition) is 1. The summed E-state index contributed by atoms with van der Waals surface area (Å²) < 4.78 is 5.89. The molecule has 2 aromatic rings. The summed E-state index contributed by atoms with van der Waals surface area (Å²) >= 11 is 0. The van der Waals surface area contributed by atoms with Gasteiger partial charge in [0.15, 0.2) is 0 Å². The predicted octanol–water partition coefficient (Wildman–Crippen LogP) is 3.85. The van der Waals surface area contributed by atoms with Gasteiger partial charge >= 0.3 is 0 Å². The van der Waals surface area contributed by atoms with Crippen molar-refractivity contribution in [1.29, 1.82) is 0 Å². The number of terminal acetylenes is 1. The molecule has 23 heavy (non-hydrogen) atoms. The van der Waals surface area contributed by atoms with Crippen LogP contribution in [0, 0.1) is 19.3 Å². The molecule has 0 amide bonds. The average Bonchev–Trinajstić information content (AvgIpc) is 3.07. The van der Waals surface area contributed by atoms with Crippen LogP contribution in [-0.2, 0) is 11.3 Å². The van der Waals surface area contributed by atoms with Gasteiger partial charge in [-0.15, -0.1) is 6.42 Å². The molecule has 2 heterocycles. The minimum absolute atomic E-state index is 0.434. The number of piperidine rings is 1. The molecule has 1 aliphatic rings. The molecule has 3 rings (SSSR count). The first-order valence-electron chi connectivity index (χ1n) is 8.63. The maximum absolute atomic E-state index is 5.89. The maximum Gasteiger partial charge on any atom is 0.0599 e. The third-order valence-electron chi connectivity index (χ3n) is 4.78. The van der Waals surface area contributed by atoms with E-state index < -0.39 is 0 Å². The van der Waals surface area contributed by atoms with Crippen LogP contribution in [0.1, 0.15) is 42.9 Å². The summed E-state index contributed by atoms with van der Waals surface area (Å²) in [6.07, 6.45) is 11.5. The minimum Gasteiger partial charge on any atom is -0.378 e. The molecule has 0 unspecified atom stereocenters. The summed E-state index contributed by atoms with van der Waals surface area (Å²) in [5.74, 6) is 2.88. The monoisotopic (exact) mass is 310 g/mol. The van der Waals surface area contributed by atoms with Gasteiger partial charge in [-0.1, -0.05) is 12.8 Å². The molecule has 0 spiro atoms. The van der Waals surface area contributed by atoms with Gasteiger partial charge in [0, 0.05) is 48.9 Å². The zero-order valence-electron chi connectivity index (χ0n) is 14.2. The van der Waals surface area contributed by atoms with Crippen LogP contribution in [0.2, 0.25) is 0 Å². The number of aromatic amines is 1. The molecule has 1 aliphatic heterocycles. The molecular formula is C20H26N2O. The molecule has 122 valence electrons. The van der Waals surface area contributed by atoms with E-state index >= 15 is 0 Å². The van der Waals surface area contributed by atoms with Gasteiger partial charge in [-0.05, 0) is 49.4 Å². The summed E-state index contributed by atoms with van der Waals surface area (Å²) in [7, 11) is 0. The molecule has 1 fully saturated rings. The number of rotatable bonds is 5. The number of H-pyrrole nitrogens is 1. The third-order valence-corrected chi connectivity index (χ3v) is 4.78. The SMILES string of the molecule is C#Cc1cc(C)c2[nH]ccc2c1CN1CCC(OCCC)CC1. The Morgan fingerprint density at radius 3 is 2.87 bits per heavy atom. The fourth-order valence-electron chi connectivity index (χ4n) is 3.51. The number of likely N-dealkylation sites (tertiary alicyclic amines) is 1. The van der Waals surface area contributed by atoms with Crippen LogP contribution in [0.4, 0.5) is 0 Å². The van der Waals surface area contributed by atoms with E-state index in [0.717, 1.165) is 51.1 Å². The molecule has 3 heteroatoms. The van der Waals surface area contributed by atoms with E-state index in [-0.39, 0.29) is 0 Å². The van der Waals surface area contributed by atoms with Crippen LogP contribution in [0.3, 0.4) is 0 Å². The second-order valence-corrected chi connectivity index (χ2v) is 6.48. The summed E-state index contributed by atoms with van der Waals surface area (Å²) in [5, 5.41) is 1.27. The molecule has 0 aliphatic carbocycles. The standard InChI is InChI=1S/C20H26N2O/c1-4-12-23-17-7-10-22(11-8-17)14-19-16(5-2)13-15(3)20-18(19)6-9-21-20/h2,6,9,13,17,21H,4,7-8,10-12,14H2,1,3H3. The number of nitrogens with one attached hydrogen (secondary N) is 1. The van der Waals surface area contributed by atoms with Crippen LogP contribution in [0.15, 0.2) is 18.3 Å². The number of aryl methyl sites for hydroxylation is 1. The topological polar surface area (TPSA) is 28.3 Å². The Labute approximate surface area is 139 Å². The minimum atomic E-state index is 0.434. The first kappa shape index (κ1) is 16.1. The van der Waals surface area contributed by atoms with Gasteiger partial charge in [-0.2, -0.15) is 0 Å². The predicted molar refractivity (Wildman–Crippen MR) is 95.5 cm³/mol. The van der Waals surface area contributed by atoms with Crippen molar-refractivity contribution in [3.63, 3.8) is 0 Å². The number of fused-ring (bicyclic) bond motifs is 1. The number of nitrogens with zero attached hydrogens (tertiary/aromatic N) is 1. The Morgan fingerprint density at radius 1 is 1.39 bits per heavy atom. The van der Waals surface area contributed by atoms with Crippen molar-refractivity contribution in [3.05, 3.63) is 35.0 Å². The number of hydrogen-bond acceptors (Lipinski definition) is 2. The van der Waals surface area contributed by atoms with Crippen LogP contribution < -0.4 is 0 Å². The van der Waals surface area contributed by atoms with Crippen LogP contribution >= 0.6 is 0 Å². The average molecular weight is 310 g/mol. The van der Waals surface area contributed by atoms with E-state index in [9.17, 15) is 0 Å². The highest BCUT2D eigenvalue weighted by Gasteiger charge is 2.21. The zero-order chi connectivity index (χ0) is 16.2. The fraction of sp³-hybridized carbons (Fsp3) is 0.500. The first-order valence-corrected chi connectivity index (χ1v) is 8.63. The quantitative estimate of drug-likeness (QED) is 0.850. The molecule has 0 saturated carbocycles. The fourth-order valence-corrected chi connectivity index (χ4v) is 3.51. The van der Waals surface area contributed by atoms with Crippen molar-refractivity contribution in [1.82, 2.24) is 9.88 Å². The lowest BCUT2D eigenvalue weighted by molar-refractivity contribution is 0.00633. The van der Waals surface area contributed by atoms with E-state index in [1.807, 2.05) is 6.20 Å². The number of benzene rings is 1. The molecule has 1 N–H and O–H groups in total. The van der Waals surface area contributed by atoms with Gasteiger partial charge < -0.3 is 9.72 Å². The Bertz CT molecular complexity index is 702.